The third kappa shape index (κ3) is 3.77. The van der Waals surface area contributed by atoms with Gasteiger partial charge in [-0.05, 0) is 19.3 Å². The van der Waals surface area contributed by atoms with E-state index in [9.17, 15) is 9.59 Å². The molecular weight excluding hydrogens is 282 g/mol. The SMILES string of the molecule is O=CNc1nc(C2CCCCC2ON=CC(=O)O)cs1. The summed E-state index contributed by atoms with van der Waals surface area (Å²) in [6.07, 6.45) is 4.98. The third-order valence-electron chi connectivity index (χ3n) is 3.15. The molecule has 8 heteroatoms. The van der Waals surface area contributed by atoms with Crippen LogP contribution in [0.25, 0.3) is 0 Å². The fourth-order valence-corrected chi connectivity index (χ4v) is 3.02. The fourth-order valence-electron chi connectivity index (χ4n) is 2.29. The first-order valence-electron chi connectivity index (χ1n) is 6.28. The van der Waals surface area contributed by atoms with Crippen LogP contribution in [0.4, 0.5) is 5.13 Å². The summed E-state index contributed by atoms with van der Waals surface area (Å²) < 4.78 is 0. The summed E-state index contributed by atoms with van der Waals surface area (Å²) in [5, 5.41) is 17.0. The van der Waals surface area contributed by atoms with Gasteiger partial charge in [-0.1, -0.05) is 11.6 Å². The lowest BCUT2D eigenvalue weighted by atomic mass is 9.85. The highest BCUT2D eigenvalue weighted by Crippen LogP contribution is 2.36. The van der Waals surface area contributed by atoms with Crippen molar-refractivity contribution < 1.29 is 19.5 Å². The average molecular weight is 297 g/mol. The van der Waals surface area contributed by atoms with Gasteiger partial charge in [-0.3, -0.25) is 4.79 Å². The van der Waals surface area contributed by atoms with E-state index >= 15 is 0 Å². The summed E-state index contributed by atoms with van der Waals surface area (Å²) in [4.78, 5) is 30.4. The first-order chi connectivity index (χ1) is 9.70. The number of thiazole rings is 1. The van der Waals surface area contributed by atoms with Crippen LogP contribution in [0.1, 0.15) is 37.3 Å². The molecule has 2 N–H and O–H groups in total. The molecule has 0 aromatic carbocycles. The number of aromatic nitrogens is 1. The minimum absolute atomic E-state index is 0.0770. The number of aliphatic carboxylic acids is 1. The Morgan fingerprint density at radius 1 is 1.55 bits per heavy atom. The molecule has 2 rings (SSSR count). The Morgan fingerprint density at radius 3 is 3.10 bits per heavy atom. The van der Waals surface area contributed by atoms with Gasteiger partial charge in [0.1, 0.15) is 6.10 Å². The second-order valence-corrected chi connectivity index (χ2v) is 5.31. The summed E-state index contributed by atoms with van der Waals surface area (Å²) in [6, 6.07) is 0. The molecule has 1 heterocycles. The zero-order valence-corrected chi connectivity index (χ0v) is 11.5. The van der Waals surface area contributed by atoms with Crippen LogP contribution in [0.2, 0.25) is 0 Å². The van der Waals surface area contributed by atoms with Crippen molar-refractivity contribution in [3.63, 3.8) is 0 Å². The van der Waals surface area contributed by atoms with Gasteiger partial charge in [-0.2, -0.15) is 0 Å². The highest BCUT2D eigenvalue weighted by atomic mass is 32.1. The molecule has 0 spiro atoms. The molecule has 1 aromatic heterocycles. The van der Waals surface area contributed by atoms with Crippen LogP contribution in [0.15, 0.2) is 10.5 Å². The number of hydrogen-bond acceptors (Lipinski definition) is 6. The maximum atomic E-state index is 10.4. The summed E-state index contributed by atoms with van der Waals surface area (Å²) >= 11 is 1.36. The Morgan fingerprint density at radius 2 is 2.35 bits per heavy atom. The Hall–Kier alpha value is -1.96. The number of nitrogens with zero attached hydrogens (tertiary/aromatic N) is 2. The lowest BCUT2D eigenvalue weighted by Crippen LogP contribution is -2.25. The molecular formula is C12H15N3O4S. The monoisotopic (exact) mass is 297 g/mol. The van der Waals surface area contributed by atoms with Crippen molar-refractivity contribution in [1.29, 1.82) is 0 Å². The van der Waals surface area contributed by atoms with Gasteiger partial charge in [0, 0.05) is 11.3 Å². The van der Waals surface area contributed by atoms with Gasteiger partial charge in [0.25, 0.3) is 0 Å². The van der Waals surface area contributed by atoms with Crippen molar-refractivity contribution in [3.05, 3.63) is 11.1 Å². The van der Waals surface area contributed by atoms with Gasteiger partial charge in [-0.25, -0.2) is 9.78 Å². The number of anilines is 1. The maximum Gasteiger partial charge on any atom is 0.350 e. The van der Waals surface area contributed by atoms with Crippen LogP contribution in [0.5, 0.6) is 0 Å². The first kappa shape index (κ1) is 14.4. The third-order valence-corrected chi connectivity index (χ3v) is 3.94. The van der Waals surface area contributed by atoms with Crippen LogP contribution < -0.4 is 5.32 Å². The van der Waals surface area contributed by atoms with E-state index in [2.05, 4.69) is 15.5 Å². The molecule has 7 nitrogen and oxygen atoms in total. The summed E-state index contributed by atoms with van der Waals surface area (Å²) in [5.74, 6) is -1.06. The fraction of sp³-hybridized carbons (Fsp3) is 0.500. The molecule has 2 unspecified atom stereocenters. The number of nitrogens with one attached hydrogen (secondary N) is 1. The van der Waals surface area contributed by atoms with Crippen LogP contribution in [0.3, 0.4) is 0 Å². The van der Waals surface area contributed by atoms with Crippen LogP contribution >= 0.6 is 11.3 Å². The largest absolute Gasteiger partial charge is 0.477 e. The number of carboxylic acid groups (broad SMARTS) is 1. The average Bonchev–Trinajstić information content (AvgIpc) is 2.88. The number of rotatable bonds is 6. The standard InChI is InChI=1S/C12H15N3O4S/c16-7-13-12-15-9(6-20-12)8-3-1-2-4-10(8)19-14-5-11(17)18/h5-8,10H,1-4H2,(H,17,18)(H,13,15,16). The number of oxime groups is 1. The summed E-state index contributed by atoms with van der Waals surface area (Å²) in [7, 11) is 0. The number of amides is 1. The highest BCUT2D eigenvalue weighted by molar-refractivity contribution is 7.13. The van der Waals surface area contributed by atoms with Gasteiger partial charge >= 0.3 is 5.97 Å². The topological polar surface area (TPSA) is 101 Å². The van der Waals surface area contributed by atoms with Crippen LogP contribution in [-0.4, -0.2) is 34.8 Å². The summed E-state index contributed by atoms with van der Waals surface area (Å²) in [5.41, 5.74) is 0.856. The van der Waals surface area contributed by atoms with Crippen molar-refractivity contribution in [1.82, 2.24) is 4.98 Å². The molecule has 1 aliphatic carbocycles. The minimum atomic E-state index is -1.14. The van der Waals surface area contributed by atoms with Gasteiger partial charge in [0.05, 0.1) is 5.69 Å². The Bertz CT molecular complexity index is 503. The Kier molecular flexibility index (Phi) is 5.05. The number of carboxylic acids is 1. The van der Waals surface area contributed by atoms with E-state index in [-0.39, 0.29) is 12.0 Å². The molecule has 0 radical (unpaired) electrons. The number of carbonyl (C=O) groups is 2. The smallest absolute Gasteiger partial charge is 0.350 e. The molecule has 2 atom stereocenters. The minimum Gasteiger partial charge on any atom is -0.477 e. The zero-order chi connectivity index (χ0) is 14.4. The number of hydrogen-bond donors (Lipinski definition) is 2. The van der Waals surface area contributed by atoms with E-state index < -0.39 is 5.97 Å². The van der Waals surface area contributed by atoms with Crippen LogP contribution in [0, 0.1) is 0 Å². The van der Waals surface area contributed by atoms with Gasteiger partial charge < -0.3 is 15.3 Å². The van der Waals surface area contributed by atoms with Gasteiger partial charge in [0.2, 0.25) is 6.41 Å². The predicted octanol–water partition coefficient (Wildman–Crippen LogP) is 1.82. The molecule has 0 aliphatic heterocycles. The number of carbonyl (C=O) groups excluding carboxylic acids is 1. The van der Waals surface area contributed by atoms with Crippen molar-refractivity contribution >= 4 is 35.1 Å². The summed E-state index contributed by atoms with van der Waals surface area (Å²) in [6.45, 7) is 0. The van der Waals surface area contributed by atoms with Crippen LogP contribution in [-0.2, 0) is 14.4 Å². The van der Waals surface area contributed by atoms with Crippen molar-refractivity contribution in [2.45, 2.75) is 37.7 Å². The van der Waals surface area contributed by atoms with E-state index in [1.165, 1.54) is 11.3 Å². The lowest BCUT2D eigenvalue weighted by molar-refractivity contribution is -0.129. The Labute approximate surface area is 119 Å². The zero-order valence-electron chi connectivity index (χ0n) is 10.7. The molecule has 1 amide bonds. The molecule has 1 saturated carbocycles. The molecule has 1 fully saturated rings. The predicted molar refractivity (Wildman–Crippen MR) is 74.0 cm³/mol. The molecule has 0 bridgehead atoms. The van der Waals surface area contributed by atoms with E-state index in [0.29, 0.717) is 11.5 Å². The molecule has 0 saturated heterocycles. The molecule has 1 aliphatic rings. The first-order valence-corrected chi connectivity index (χ1v) is 7.16. The molecule has 1 aromatic rings. The second kappa shape index (κ2) is 6.99. The quantitative estimate of drug-likeness (QED) is 0.474. The molecule has 108 valence electrons. The van der Waals surface area contributed by atoms with E-state index in [1.54, 1.807) is 0 Å². The van der Waals surface area contributed by atoms with Gasteiger partial charge in [0.15, 0.2) is 11.3 Å². The normalized spacial score (nSPS) is 22.6. The van der Waals surface area contributed by atoms with E-state index in [0.717, 1.165) is 37.6 Å². The Balaban J connectivity index is 2.05. The highest BCUT2D eigenvalue weighted by Gasteiger charge is 2.30. The van der Waals surface area contributed by atoms with Crippen molar-refractivity contribution in [3.8, 4) is 0 Å². The maximum absolute atomic E-state index is 10.4. The lowest BCUT2D eigenvalue weighted by Gasteiger charge is -2.28. The molecule has 20 heavy (non-hydrogen) atoms. The van der Waals surface area contributed by atoms with Crippen molar-refractivity contribution in [2.24, 2.45) is 5.16 Å². The second-order valence-electron chi connectivity index (χ2n) is 4.45. The van der Waals surface area contributed by atoms with Crippen molar-refractivity contribution in [2.75, 3.05) is 5.32 Å². The van der Waals surface area contributed by atoms with Gasteiger partial charge in [-0.15, -0.1) is 11.3 Å². The van der Waals surface area contributed by atoms with E-state index in [4.69, 9.17) is 9.94 Å². The van der Waals surface area contributed by atoms with E-state index in [1.807, 2.05) is 5.38 Å².